The minimum atomic E-state index is -0.610. The molecule has 0 radical (unpaired) electrons. The molecule has 0 fully saturated rings. The lowest BCUT2D eigenvalue weighted by molar-refractivity contribution is -0.114. The van der Waals surface area contributed by atoms with E-state index in [4.69, 9.17) is 5.73 Å². The SMILES string of the molecule is Cc1cc(NC2(c3cccc(Nc4ccccc4)c3)C=CC=C(C(N)=O)C2)ccn1. The number of carbonyl (C=O) groups excluding carboxylic acids is 1. The molecule has 3 aromatic rings. The molecule has 4 N–H and O–H groups in total. The summed E-state index contributed by atoms with van der Waals surface area (Å²) < 4.78 is 0. The van der Waals surface area contributed by atoms with Gasteiger partial charge in [-0.15, -0.1) is 0 Å². The van der Waals surface area contributed by atoms with Crippen molar-refractivity contribution in [3.63, 3.8) is 0 Å². The van der Waals surface area contributed by atoms with E-state index in [0.717, 1.165) is 28.3 Å². The van der Waals surface area contributed by atoms with Gasteiger partial charge in [-0.05, 0) is 48.9 Å². The van der Waals surface area contributed by atoms with Crippen LogP contribution in [0.3, 0.4) is 0 Å². The summed E-state index contributed by atoms with van der Waals surface area (Å²) in [6.45, 7) is 1.95. The van der Waals surface area contributed by atoms with Crippen LogP contribution in [-0.4, -0.2) is 10.9 Å². The van der Waals surface area contributed by atoms with Gasteiger partial charge in [0.2, 0.25) is 5.91 Å². The zero-order chi connectivity index (χ0) is 21.0. The number of aromatic nitrogens is 1. The third-order valence-electron chi connectivity index (χ3n) is 5.17. The Balaban J connectivity index is 1.73. The average molecular weight is 396 g/mol. The average Bonchev–Trinajstić information content (AvgIpc) is 2.75. The first-order valence-corrected chi connectivity index (χ1v) is 9.86. The van der Waals surface area contributed by atoms with E-state index in [0.29, 0.717) is 12.0 Å². The predicted molar refractivity (Wildman–Crippen MR) is 121 cm³/mol. The van der Waals surface area contributed by atoms with E-state index in [2.05, 4.69) is 33.8 Å². The first-order chi connectivity index (χ1) is 14.5. The van der Waals surface area contributed by atoms with Crippen molar-refractivity contribution in [1.29, 1.82) is 0 Å². The first-order valence-electron chi connectivity index (χ1n) is 9.86. The van der Waals surface area contributed by atoms with Gasteiger partial charge in [0, 0.05) is 40.9 Å². The normalized spacial score (nSPS) is 17.8. The van der Waals surface area contributed by atoms with Crippen LogP contribution in [0.2, 0.25) is 0 Å². The number of amides is 1. The van der Waals surface area contributed by atoms with E-state index in [9.17, 15) is 4.79 Å². The fourth-order valence-corrected chi connectivity index (χ4v) is 3.72. The summed E-state index contributed by atoms with van der Waals surface area (Å²) >= 11 is 0. The van der Waals surface area contributed by atoms with Crippen LogP contribution in [0.15, 0.2) is 96.7 Å². The Labute approximate surface area is 176 Å². The molecule has 4 rings (SSSR count). The molecule has 0 bridgehead atoms. The molecular formula is C25H24N4O. The lowest BCUT2D eigenvalue weighted by Gasteiger charge is -2.36. The summed E-state index contributed by atoms with van der Waals surface area (Å²) in [7, 11) is 0. The molecule has 0 aliphatic heterocycles. The van der Waals surface area contributed by atoms with Gasteiger partial charge in [0.15, 0.2) is 0 Å². The number of para-hydroxylation sites is 1. The fourth-order valence-electron chi connectivity index (χ4n) is 3.72. The maximum absolute atomic E-state index is 12.0. The molecule has 1 heterocycles. The van der Waals surface area contributed by atoms with Gasteiger partial charge in [-0.1, -0.05) is 48.6 Å². The molecule has 1 aromatic heterocycles. The van der Waals surface area contributed by atoms with Crippen LogP contribution in [0.25, 0.3) is 0 Å². The highest BCUT2D eigenvalue weighted by atomic mass is 16.1. The van der Waals surface area contributed by atoms with Crippen molar-refractivity contribution < 1.29 is 4.79 Å². The minimum Gasteiger partial charge on any atom is -0.372 e. The number of pyridine rings is 1. The highest BCUT2D eigenvalue weighted by molar-refractivity contribution is 5.93. The van der Waals surface area contributed by atoms with Crippen molar-refractivity contribution in [2.45, 2.75) is 18.9 Å². The first kappa shape index (κ1) is 19.5. The van der Waals surface area contributed by atoms with Gasteiger partial charge in [-0.25, -0.2) is 0 Å². The molecule has 1 aliphatic rings. The van der Waals surface area contributed by atoms with Crippen LogP contribution in [0.1, 0.15) is 17.7 Å². The third kappa shape index (κ3) is 4.25. The van der Waals surface area contributed by atoms with Crippen LogP contribution in [0.4, 0.5) is 17.1 Å². The van der Waals surface area contributed by atoms with Crippen molar-refractivity contribution in [3.05, 3.63) is 108 Å². The van der Waals surface area contributed by atoms with Gasteiger partial charge in [-0.2, -0.15) is 0 Å². The van der Waals surface area contributed by atoms with Gasteiger partial charge in [-0.3, -0.25) is 9.78 Å². The molecule has 150 valence electrons. The molecule has 5 nitrogen and oxygen atoms in total. The number of anilines is 3. The largest absolute Gasteiger partial charge is 0.372 e. The Kier molecular flexibility index (Phi) is 5.35. The van der Waals surface area contributed by atoms with Crippen LogP contribution >= 0.6 is 0 Å². The number of allylic oxidation sites excluding steroid dienone is 2. The lowest BCUT2D eigenvalue weighted by atomic mass is 9.80. The van der Waals surface area contributed by atoms with E-state index in [1.54, 1.807) is 12.3 Å². The van der Waals surface area contributed by atoms with Crippen LogP contribution < -0.4 is 16.4 Å². The van der Waals surface area contributed by atoms with Crippen molar-refractivity contribution >= 4 is 23.0 Å². The number of rotatable bonds is 6. The minimum absolute atomic E-state index is 0.407. The number of hydrogen-bond acceptors (Lipinski definition) is 4. The number of nitrogens with two attached hydrogens (primary N) is 1. The van der Waals surface area contributed by atoms with E-state index in [-0.39, 0.29) is 0 Å². The molecule has 0 saturated carbocycles. The van der Waals surface area contributed by atoms with Crippen molar-refractivity contribution in [2.24, 2.45) is 5.73 Å². The molecule has 30 heavy (non-hydrogen) atoms. The number of nitrogens with one attached hydrogen (secondary N) is 2. The zero-order valence-corrected chi connectivity index (χ0v) is 16.8. The molecule has 1 unspecified atom stereocenters. The zero-order valence-electron chi connectivity index (χ0n) is 16.8. The molecule has 5 heteroatoms. The van der Waals surface area contributed by atoms with Crippen molar-refractivity contribution in [1.82, 2.24) is 4.98 Å². The van der Waals surface area contributed by atoms with E-state index in [1.807, 2.05) is 67.6 Å². The van der Waals surface area contributed by atoms with Gasteiger partial charge in [0.25, 0.3) is 0 Å². The molecule has 1 aliphatic carbocycles. The second kappa shape index (κ2) is 8.25. The molecule has 1 amide bonds. The summed E-state index contributed by atoms with van der Waals surface area (Å²) in [6, 6.07) is 22.1. The number of aryl methyl sites for hydroxylation is 1. The highest BCUT2D eigenvalue weighted by Crippen LogP contribution is 2.38. The van der Waals surface area contributed by atoms with E-state index >= 15 is 0 Å². The van der Waals surface area contributed by atoms with E-state index < -0.39 is 11.4 Å². The van der Waals surface area contributed by atoms with Crippen LogP contribution in [-0.2, 0) is 10.3 Å². The summed E-state index contributed by atoms with van der Waals surface area (Å²) in [4.78, 5) is 16.2. The van der Waals surface area contributed by atoms with Gasteiger partial charge >= 0.3 is 0 Å². The Bertz CT molecular complexity index is 1120. The standard InChI is InChI=1S/C25H24N4O/c1-18-15-23(12-14-27-18)29-25(13-6-7-19(17-25)24(26)30)20-8-5-11-22(16-20)28-21-9-3-2-4-10-21/h2-16,28H,17H2,1H3,(H2,26,30)(H,27,29). The second-order valence-corrected chi connectivity index (χ2v) is 7.45. The van der Waals surface area contributed by atoms with E-state index in [1.165, 1.54) is 0 Å². The summed E-state index contributed by atoms with van der Waals surface area (Å²) in [6.07, 6.45) is 7.98. The molecule has 2 aromatic carbocycles. The topological polar surface area (TPSA) is 80.0 Å². The van der Waals surface area contributed by atoms with Crippen molar-refractivity contribution in [2.75, 3.05) is 10.6 Å². The van der Waals surface area contributed by atoms with Crippen LogP contribution in [0.5, 0.6) is 0 Å². The Hall–Kier alpha value is -3.86. The smallest absolute Gasteiger partial charge is 0.244 e. The monoisotopic (exact) mass is 396 g/mol. The molecular weight excluding hydrogens is 372 g/mol. The number of hydrogen-bond donors (Lipinski definition) is 3. The predicted octanol–water partition coefficient (Wildman–Crippen LogP) is 4.81. The third-order valence-corrected chi connectivity index (χ3v) is 5.17. The Morgan fingerprint density at radius 3 is 2.57 bits per heavy atom. The second-order valence-electron chi connectivity index (χ2n) is 7.45. The number of nitrogens with zero attached hydrogens (tertiary/aromatic N) is 1. The summed E-state index contributed by atoms with van der Waals surface area (Å²) in [5.41, 5.74) is 10.5. The highest BCUT2D eigenvalue weighted by Gasteiger charge is 2.34. The van der Waals surface area contributed by atoms with Crippen molar-refractivity contribution in [3.8, 4) is 0 Å². The summed E-state index contributed by atoms with van der Waals surface area (Å²) in [5, 5.41) is 7.06. The van der Waals surface area contributed by atoms with Gasteiger partial charge < -0.3 is 16.4 Å². The quantitative estimate of drug-likeness (QED) is 0.558. The molecule has 0 spiro atoms. The summed E-state index contributed by atoms with van der Waals surface area (Å²) in [5.74, 6) is -0.407. The van der Waals surface area contributed by atoms with Gasteiger partial charge in [0.05, 0.1) is 5.54 Å². The fraction of sp³-hybridized carbons (Fsp3) is 0.120. The number of primary amides is 1. The number of benzene rings is 2. The molecule has 1 atom stereocenters. The maximum Gasteiger partial charge on any atom is 0.244 e. The lowest BCUT2D eigenvalue weighted by Crippen LogP contribution is -2.37. The number of carbonyl (C=O) groups is 1. The Morgan fingerprint density at radius 1 is 1.00 bits per heavy atom. The molecule has 0 saturated heterocycles. The Morgan fingerprint density at radius 2 is 1.80 bits per heavy atom. The van der Waals surface area contributed by atoms with Crippen LogP contribution in [0, 0.1) is 6.92 Å². The maximum atomic E-state index is 12.0. The van der Waals surface area contributed by atoms with Gasteiger partial charge in [0.1, 0.15) is 0 Å².